The molecule has 5 rings (SSSR count). The van der Waals surface area contributed by atoms with E-state index >= 15 is 0 Å². The molecule has 1 N–H and O–H groups in total. The fraction of sp³-hybridized carbons (Fsp3) is 0.296. The minimum absolute atomic E-state index is 0.0960. The maximum Gasteiger partial charge on any atom is 0.179 e. The molecular weight excluding hydrogens is 422 g/mol. The minimum Gasteiger partial charge on any atom is -0.493 e. The molecule has 3 aromatic carbocycles. The Morgan fingerprint density at radius 2 is 1.81 bits per heavy atom. The number of hydrogen-bond acceptors (Lipinski definition) is 4. The summed E-state index contributed by atoms with van der Waals surface area (Å²) in [6.45, 7) is 4.34. The molecule has 1 aliphatic heterocycles. The van der Waals surface area contributed by atoms with Crippen LogP contribution < -0.4 is 14.8 Å². The number of methoxy groups -OCH3 is 2. The predicted octanol–water partition coefficient (Wildman–Crippen LogP) is 6.82. The van der Waals surface area contributed by atoms with Crippen LogP contribution in [0.2, 0.25) is 5.02 Å². The van der Waals surface area contributed by atoms with Crippen molar-refractivity contribution in [2.24, 2.45) is 5.41 Å². The number of halogens is 1. The maximum atomic E-state index is 13.5. The van der Waals surface area contributed by atoms with Gasteiger partial charge in [-0.05, 0) is 51.9 Å². The first kappa shape index (κ1) is 20.9. The van der Waals surface area contributed by atoms with Crippen LogP contribution in [0.25, 0.3) is 16.3 Å². The number of ketones is 1. The van der Waals surface area contributed by atoms with Crippen molar-refractivity contribution in [3.63, 3.8) is 0 Å². The Kier molecular flexibility index (Phi) is 4.94. The third kappa shape index (κ3) is 3.25. The second kappa shape index (κ2) is 7.56. The molecule has 164 valence electrons. The summed E-state index contributed by atoms with van der Waals surface area (Å²) in [4.78, 5) is 13.5. The van der Waals surface area contributed by atoms with Crippen molar-refractivity contribution in [1.29, 1.82) is 0 Å². The van der Waals surface area contributed by atoms with Crippen LogP contribution in [0.5, 0.6) is 11.5 Å². The number of rotatable bonds is 3. The van der Waals surface area contributed by atoms with Gasteiger partial charge in [-0.15, -0.1) is 0 Å². The van der Waals surface area contributed by atoms with Crippen molar-refractivity contribution in [3.05, 3.63) is 70.3 Å². The smallest absolute Gasteiger partial charge is 0.179 e. The molecule has 4 nitrogen and oxygen atoms in total. The molecule has 1 heterocycles. The Labute approximate surface area is 193 Å². The lowest BCUT2D eigenvalue weighted by Gasteiger charge is -2.40. The van der Waals surface area contributed by atoms with Crippen molar-refractivity contribution in [3.8, 4) is 11.5 Å². The summed E-state index contributed by atoms with van der Waals surface area (Å²) in [5.74, 6) is 1.22. The third-order valence-electron chi connectivity index (χ3n) is 6.53. The van der Waals surface area contributed by atoms with Gasteiger partial charge in [0, 0.05) is 23.2 Å². The zero-order valence-electron chi connectivity index (χ0n) is 18.7. The molecule has 0 amide bonds. The quantitative estimate of drug-likeness (QED) is 0.478. The van der Waals surface area contributed by atoms with Gasteiger partial charge in [-0.25, -0.2) is 0 Å². The number of anilines is 1. The van der Waals surface area contributed by atoms with Crippen LogP contribution >= 0.6 is 11.6 Å². The lowest BCUT2D eigenvalue weighted by Crippen LogP contribution is -2.33. The highest BCUT2D eigenvalue weighted by molar-refractivity contribution is 6.32. The highest BCUT2D eigenvalue weighted by Crippen LogP contribution is 2.52. The summed E-state index contributed by atoms with van der Waals surface area (Å²) >= 11 is 6.53. The van der Waals surface area contributed by atoms with Crippen molar-refractivity contribution < 1.29 is 14.3 Å². The number of fused-ring (bicyclic) bond motifs is 4. The Hall–Kier alpha value is -2.98. The third-order valence-corrected chi connectivity index (χ3v) is 6.81. The van der Waals surface area contributed by atoms with E-state index in [1.807, 2.05) is 18.2 Å². The lowest BCUT2D eigenvalue weighted by molar-refractivity contribution is -0.118. The van der Waals surface area contributed by atoms with E-state index in [0.29, 0.717) is 22.9 Å². The molecule has 0 saturated carbocycles. The molecule has 5 heteroatoms. The highest BCUT2D eigenvalue weighted by atomic mass is 35.5. The summed E-state index contributed by atoms with van der Waals surface area (Å²) in [6, 6.07) is 16.1. The predicted molar refractivity (Wildman–Crippen MR) is 130 cm³/mol. The molecule has 1 unspecified atom stereocenters. The van der Waals surface area contributed by atoms with Crippen molar-refractivity contribution in [2.75, 3.05) is 19.5 Å². The number of allylic oxidation sites excluding steroid dienone is 1. The average Bonchev–Trinajstić information content (AvgIpc) is 2.76. The van der Waals surface area contributed by atoms with Gasteiger partial charge in [0.15, 0.2) is 17.3 Å². The summed E-state index contributed by atoms with van der Waals surface area (Å²) in [6.07, 6.45) is 1.36. The molecule has 3 aromatic rings. The van der Waals surface area contributed by atoms with E-state index in [-0.39, 0.29) is 17.2 Å². The Balaban J connectivity index is 1.78. The number of ether oxygens (including phenoxy) is 2. The summed E-state index contributed by atoms with van der Waals surface area (Å²) in [7, 11) is 3.16. The number of nitrogens with one attached hydrogen (secondary N) is 1. The van der Waals surface area contributed by atoms with Gasteiger partial charge in [0.25, 0.3) is 0 Å². The fourth-order valence-corrected chi connectivity index (χ4v) is 5.49. The van der Waals surface area contributed by atoms with E-state index in [2.05, 4.69) is 49.5 Å². The zero-order chi connectivity index (χ0) is 22.6. The number of benzene rings is 3. The molecule has 1 aliphatic carbocycles. The number of carbonyl (C=O) groups is 1. The first-order valence-corrected chi connectivity index (χ1v) is 11.2. The SMILES string of the molecule is COc1cc(C2Nc3ccc4ccccc4c3C3=C2C(=O)CC(C)(C)C3)cc(Cl)c1OC. The Morgan fingerprint density at radius 3 is 2.56 bits per heavy atom. The summed E-state index contributed by atoms with van der Waals surface area (Å²) in [5.41, 5.74) is 4.92. The summed E-state index contributed by atoms with van der Waals surface area (Å²) in [5, 5.41) is 6.44. The van der Waals surface area contributed by atoms with Crippen molar-refractivity contribution in [2.45, 2.75) is 32.7 Å². The van der Waals surface area contributed by atoms with Gasteiger partial charge in [0.2, 0.25) is 0 Å². The van der Waals surface area contributed by atoms with Crippen LogP contribution in [0.3, 0.4) is 0 Å². The number of Topliss-reactive ketones (excluding diaryl/α,β-unsaturated/α-hetero) is 1. The molecule has 0 bridgehead atoms. The molecule has 0 spiro atoms. The molecule has 1 atom stereocenters. The largest absolute Gasteiger partial charge is 0.493 e. The Bertz CT molecular complexity index is 1290. The lowest BCUT2D eigenvalue weighted by atomic mass is 9.68. The van der Waals surface area contributed by atoms with E-state index < -0.39 is 0 Å². The van der Waals surface area contributed by atoms with Gasteiger partial charge in [0.05, 0.1) is 25.3 Å². The van der Waals surface area contributed by atoms with Crippen LogP contribution in [-0.4, -0.2) is 20.0 Å². The van der Waals surface area contributed by atoms with Gasteiger partial charge in [0.1, 0.15) is 0 Å². The monoisotopic (exact) mass is 447 g/mol. The average molecular weight is 448 g/mol. The summed E-state index contributed by atoms with van der Waals surface area (Å²) < 4.78 is 10.9. The van der Waals surface area contributed by atoms with Gasteiger partial charge in [-0.1, -0.05) is 55.8 Å². The Morgan fingerprint density at radius 1 is 1.03 bits per heavy atom. The van der Waals surface area contributed by atoms with Crippen LogP contribution in [0.1, 0.15) is 43.9 Å². The standard InChI is InChI=1S/C27H26ClNO3/c1-27(2)13-18-23-17-8-6-5-7-15(17)9-10-20(23)29-25(24(18)21(30)14-27)16-11-19(28)26(32-4)22(12-16)31-3/h5-12,25,29H,13-14H2,1-4H3. The second-order valence-electron chi connectivity index (χ2n) is 9.36. The molecule has 2 aliphatic rings. The molecule has 0 aromatic heterocycles. The second-order valence-corrected chi connectivity index (χ2v) is 9.77. The minimum atomic E-state index is -0.306. The van der Waals surface area contributed by atoms with Crippen LogP contribution in [0.15, 0.2) is 54.1 Å². The normalized spacial score (nSPS) is 19.3. The van der Waals surface area contributed by atoms with Crippen LogP contribution in [0.4, 0.5) is 5.69 Å². The van der Waals surface area contributed by atoms with Crippen LogP contribution in [0, 0.1) is 5.41 Å². The van der Waals surface area contributed by atoms with E-state index in [9.17, 15) is 4.79 Å². The molecule has 0 saturated heterocycles. The van der Waals surface area contributed by atoms with E-state index in [1.54, 1.807) is 14.2 Å². The number of hydrogen-bond donors (Lipinski definition) is 1. The topological polar surface area (TPSA) is 47.6 Å². The van der Waals surface area contributed by atoms with Crippen LogP contribution in [-0.2, 0) is 4.79 Å². The zero-order valence-corrected chi connectivity index (χ0v) is 19.5. The van der Waals surface area contributed by atoms with Gasteiger partial charge in [-0.2, -0.15) is 0 Å². The molecule has 32 heavy (non-hydrogen) atoms. The molecule has 0 radical (unpaired) electrons. The van der Waals surface area contributed by atoms with E-state index in [0.717, 1.165) is 34.4 Å². The highest BCUT2D eigenvalue weighted by Gasteiger charge is 2.41. The van der Waals surface area contributed by atoms with E-state index in [4.69, 9.17) is 21.1 Å². The first-order valence-electron chi connectivity index (χ1n) is 10.8. The molecular formula is C27H26ClNO3. The fourth-order valence-electron chi connectivity index (χ4n) is 5.19. The molecule has 0 fully saturated rings. The first-order chi connectivity index (χ1) is 15.3. The van der Waals surface area contributed by atoms with Crippen molar-refractivity contribution >= 4 is 39.4 Å². The van der Waals surface area contributed by atoms with Gasteiger partial charge < -0.3 is 14.8 Å². The maximum absolute atomic E-state index is 13.5. The number of carbonyl (C=O) groups excluding carboxylic acids is 1. The van der Waals surface area contributed by atoms with E-state index in [1.165, 1.54) is 10.8 Å². The van der Waals surface area contributed by atoms with Crippen molar-refractivity contribution in [1.82, 2.24) is 0 Å². The van der Waals surface area contributed by atoms with Gasteiger partial charge in [-0.3, -0.25) is 4.79 Å². The van der Waals surface area contributed by atoms with Gasteiger partial charge >= 0.3 is 0 Å².